The van der Waals surface area contributed by atoms with Gasteiger partial charge in [0.1, 0.15) is 0 Å². The fraction of sp³-hybridized carbons (Fsp3) is 0.0667. The van der Waals surface area contributed by atoms with Crippen LogP contribution >= 0.6 is 27.5 Å². The maximum Gasteiger partial charge on any atom is 0.268 e. The maximum absolute atomic E-state index is 12.8. The van der Waals surface area contributed by atoms with Gasteiger partial charge in [0.2, 0.25) is 0 Å². The van der Waals surface area contributed by atoms with Gasteiger partial charge >= 0.3 is 0 Å². The second-order valence-corrected chi connectivity index (χ2v) is 7.38. The Morgan fingerprint density at radius 1 is 1.10 bits per heavy atom. The summed E-state index contributed by atoms with van der Waals surface area (Å²) in [6.07, 6.45) is 1.64. The minimum atomic E-state index is -3.61. The second kappa shape index (κ2) is 5.48. The van der Waals surface area contributed by atoms with E-state index in [-0.39, 0.29) is 4.90 Å². The summed E-state index contributed by atoms with van der Waals surface area (Å²) in [5.74, 6) is 0. The third-order valence-corrected chi connectivity index (χ3v) is 5.79. The van der Waals surface area contributed by atoms with Gasteiger partial charge in [-0.3, -0.25) is 0 Å². The zero-order valence-corrected chi connectivity index (χ0v) is 14.0. The average molecular weight is 385 g/mol. The van der Waals surface area contributed by atoms with Crippen LogP contribution in [0.2, 0.25) is 5.02 Å². The molecule has 3 nitrogen and oxygen atoms in total. The summed E-state index contributed by atoms with van der Waals surface area (Å²) in [6, 6.07) is 13.6. The van der Waals surface area contributed by atoms with Crippen LogP contribution in [0.25, 0.3) is 10.9 Å². The number of benzene rings is 2. The van der Waals surface area contributed by atoms with Crippen molar-refractivity contribution in [3.8, 4) is 0 Å². The highest BCUT2D eigenvalue weighted by Crippen LogP contribution is 2.29. The first kappa shape index (κ1) is 14.6. The molecule has 0 fully saturated rings. The van der Waals surface area contributed by atoms with Gasteiger partial charge in [0, 0.05) is 21.9 Å². The van der Waals surface area contributed by atoms with Crippen LogP contribution in [0.15, 0.2) is 59.6 Å². The summed E-state index contributed by atoms with van der Waals surface area (Å²) in [7, 11) is -3.61. The van der Waals surface area contributed by atoms with Crippen LogP contribution in [0, 0.1) is 0 Å². The lowest BCUT2D eigenvalue weighted by atomic mass is 10.2. The van der Waals surface area contributed by atoms with Gasteiger partial charge in [-0.1, -0.05) is 45.7 Å². The van der Waals surface area contributed by atoms with Gasteiger partial charge in [-0.2, -0.15) is 0 Å². The van der Waals surface area contributed by atoms with Gasteiger partial charge in [-0.15, -0.1) is 0 Å². The highest BCUT2D eigenvalue weighted by atomic mass is 79.9. The highest BCUT2D eigenvalue weighted by Gasteiger charge is 2.20. The Morgan fingerprint density at radius 3 is 2.48 bits per heavy atom. The summed E-state index contributed by atoms with van der Waals surface area (Å²) < 4.78 is 26.9. The standard InChI is InChI=1S/C15H11BrClNO2S/c16-9-11-10-18(15-7-6-12(17)8-14(11)15)21(19,20)13-4-2-1-3-5-13/h1-8,10H,9H2. The molecule has 3 rings (SSSR count). The number of fused-ring (bicyclic) bond motifs is 1. The molecule has 0 aliphatic carbocycles. The lowest BCUT2D eigenvalue weighted by molar-refractivity contribution is 0.589. The van der Waals surface area contributed by atoms with Crippen LogP contribution in [-0.4, -0.2) is 12.4 Å². The largest absolute Gasteiger partial charge is 0.268 e. The van der Waals surface area contributed by atoms with E-state index in [0.717, 1.165) is 10.9 Å². The van der Waals surface area contributed by atoms with Crippen molar-refractivity contribution in [1.82, 2.24) is 3.97 Å². The SMILES string of the molecule is O=S(=O)(c1ccccc1)n1cc(CBr)c2cc(Cl)ccc21. The second-order valence-electron chi connectivity index (χ2n) is 4.56. The molecular formula is C15H11BrClNO2S. The van der Waals surface area contributed by atoms with Gasteiger partial charge < -0.3 is 0 Å². The Bertz CT molecular complexity index is 904. The lowest BCUT2D eigenvalue weighted by Crippen LogP contribution is -2.11. The first-order valence-electron chi connectivity index (χ1n) is 6.20. The number of rotatable bonds is 3. The van der Waals surface area contributed by atoms with Crippen molar-refractivity contribution >= 4 is 48.5 Å². The molecule has 108 valence electrons. The van der Waals surface area contributed by atoms with E-state index >= 15 is 0 Å². The smallest absolute Gasteiger partial charge is 0.241 e. The Balaban J connectivity index is 2.31. The van der Waals surface area contributed by atoms with E-state index in [1.807, 2.05) is 0 Å². The third-order valence-electron chi connectivity index (χ3n) is 3.26. The molecule has 1 heterocycles. The van der Waals surface area contributed by atoms with E-state index in [0.29, 0.717) is 15.9 Å². The molecule has 6 heteroatoms. The molecule has 0 saturated heterocycles. The molecule has 21 heavy (non-hydrogen) atoms. The van der Waals surface area contributed by atoms with Crippen LogP contribution in [0.5, 0.6) is 0 Å². The number of nitrogens with zero attached hydrogens (tertiary/aromatic N) is 1. The minimum absolute atomic E-state index is 0.262. The fourth-order valence-electron chi connectivity index (χ4n) is 2.25. The van der Waals surface area contributed by atoms with E-state index in [2.05, 4.69) is 15.9 Å². The van der Waals surface area contributed by atoms with Gasteiger partial charge in [0.25, 0.3) is 10.0 Å². The number of alkyl halides is 1. The molecule has 0 amide bonds. The van der Waals surface area contributed by atoms with Crippen molar-refractivity contribution in [2.75, 3.05) is 0 Å². The number of aromatic nitrogens is 1. The molecule has 0 saturated carbocycles. The Kier molecular flexibility index (Phi) is 3.82. The highest BCUT2D eigenvalue weighted by molar-refractivity contribution is 9.08. The first-order chi connectivity index (χ1) is 10.0. The van der Waals surface area contributed by atoms with E-state index in [9.17, 15) is 8.42 Å². The summed E-state index contributed by atoms with van der Waals surface area (Å²) in [4.78, 5) is 0.262. The van der Waals surface area contributed by atoms with Crippen molar-refractivity contribution in [3.63, 3.8) is 0 Å². The maximum atomic E-state index is 12.8. The number of halogens is 2. The van der Waals surface area contributed by atoms with Crippen LogP contribution in [0.1, 0.15) is 5.56 Å². The molecule has 2 aromatic carbocycles. The predicted octanol–water partition coefficient (Wildman–Crippen LogP) is 4.43. The zero-order valence-electron chi connectivity index (χ0n) is 10.8. The Labute approximate surface area is 136 Å². The fourth-order valence-corrected chi connectivity index (χ4v) is 4.28. The Hall–Kier alpha value is -1.30. The third kappa shape index (κ3) is 2.50. The summed E-state index contributed by atoms with van der Waals surface area (Å²) in [5.41, 5.74) is 1.50. The molecule has 0 spiro atoms. The molecule has 0 aliphatic heterocycles. The molecular weight excluding hydrogens is 374 g/mol. The first-order valence-corrected chi connectivity index (χ1v) is 9.14. The van der Waals surface area contributed by atoms with Crippen LogP contribution in [0.4, 0.5) is 0 Å². The number of hydrogen-bond donors (Lipinski definition) is 0. The topological polar surface area (TPSA) is 39.1 Å². The van der Waals surface area contributed by atoms with Crippen molar-refractivity contribution in [1.29, 1.82) is 0 Å². The molecule has 0 radical (unpaired) electrons. The monoisotopic (exact) mass is 383 g/mol. The number of hydrogen-bond acceptors (Lipinski definition) is 2. The molecule has 3 aromatic rings. The van der Waals surface area contributed by atoms with E-state index < -0.39 is 10.0 Å². The van der Waals surface area contributed by atoms with Crippen molar-refractivity contribution in [2.24, 2.45) is 0 Å². The van der Waals surface area contributed by atoms with Crippen LogP contribution in [-0.2, 0) is 15.4 Å². The van der Waals surface area contributed by atoms with Gasteiger partial charge in [-0.05, 0) is 35.9 Å². The molecule has 0 atom stereocenters. The summed E-state index contributed by atoms with van der Waals surface area (Å²) >= 11 is 9.40. The average Bonchev–Trinajstić information content (AvgIpc) is 2.86. The Morgan fingerprint density at radius 2 is 1.81 bits per heavy atom. The lowest BCUT2D eigenvalue weighted by Gasteiger charge is -2.07. The van der Waals surface area contributed by atoms with Crippen molar-refractivity contribution < 1.29 is 8.42 Å². The van der Waals surface area contributed by atoms with Crippen molar-refractivity contribution in [2.45, 2.75) is 10.2 Å². The van der Waals surface area contributed by atoms with Crippen LogP contribution < -0.4 is 0 Å². The predicted molar refractivity (Wildman–Crippen MR) is 88.6 cm³/mol. The van der Waals surface area contributed by atoms with Crippen LogP contribution in [0.3, 0.4) is 0 Å². The molecule has 0 aliphatic rings. The quantitative estimate of drug-likeness (QED) is 0.627. The normalized spacial score (nSPS) is 11.9. The summed E-state index contributed by atoms with van der Waals surface area (Å²) in [6.45, 7) is 0. The zero-order chi connectivity index (χ0) is 15.0. The molecule has 1 aromatic heterocycles. The van der Waals surface area contributed by atoms with Crippen molar-refractivity contribution in [3.05, 3.63) is 65.3 Å². The van der Waals surface area contributed by atoms with E-state index in [1.165, 1.54) is 3.97 Å². The molecule has 0 bridgehead atoms. The van der Waals surface area contributed by atoms with Gasteiger partial charge in [0.15, 0.2) is 0 Å². The minimum Gasteiger partial charge on any atom is -0.241 e. The van der Waals surface area contributed by atoms with E-state index in [1.54, 1.807) is 54.7 Å². The van der Waals surface area contributed by atoms with E-state index in [4.69, 9.17) is 11.6 Å². The van der Waals surface area contributed by atoms with Gasteiger partial charge in [-0.25, -0.2) is 12.4 Å². The molecule has 0 N–H and O–H groups in total. The molecule has 0 unspecified atom stereocenters. The van der Waals surface area contributed by atoms with Gasteiger partial charge in [0.05, 0.1) is 10.4 Å². The summed E-state index contributed by atoms with van der Waals surface area (Å²) in [5, 5.41) is 1.97.